The molecule has 0 bridgehead atoms. The number of methoxy groups -OCH3 is 1. The first-order valence-corrected chi connectivity index (χ1v) is 9.52. The van der Waals surface area contributed by atoms with Gasteiger partial charge in [0.05, 0.1) is 28.3 Å². The van der Waals surface area contributed by atoms with Gasteiger partial charge in [0, 0.05) is 18.8 Å². The summed E-state index contributed by atoms with van der Waals surface area (Å²) in [5, 5.41) is 4.75. The molecule has 5 nitrogen and oxygen atoms in total. The van der Waals surface area contributed by atoms with Gasteiger partial charge in [-0.25, -0.2) is 4.79 Å². The van der Waals surface area contributed by atoms with Crippen molar-refractivity contribution in [1.82, 2.24) is 10.2 Å². The van der Waals surface area contributed by atoms with Crippen LogP contribution in [-0.2, 0) is 14.3 Å². The molecule has 8 heteroatoms. The van der Waals surface area contributed by atoms with Crippen LogP contribution >= 0.6 is 35.4 Å². The third kappa shape index (κ3) is 3.98. The van der Waals surface area contributed by atoms with Gasteiger partial charge in [-0.3, -0.25) is 0 Å². The van der Waals surface area contributed by atoms with E-state index in [1.54, 1.807) is 19.2 Å². The quantitative estimate of drug-likeness (QED) is 0.433. The molecule has 0 amide bonds. The van der Waals surface area contributed by atoms with Gasteiger partial charge in [0.15, 0.2) is 5.11 Å². The highest BCUT2D eigenvalue weighted by molar-refractivity contribution is 7.80. The predicted molar refractivity (Wildman–Crippen MR) is 105 cm³/mol. The van der Waals surface area contributed by atoms with Crippen LogP contribution in [0.1, 0.15) is 31.4 Å². The summed E-state index contributed by atoms with van der Waals surface area (Å²) in [6.07, 6.45) is 2.12. The van der Waals surface area contributed by atoms with Crippen molar-refractivity contribution in [3.63, 3.8) is 0 Å². The highest BCUT2D eigenvalue weighted by Gasteiger charge is 2.40. The molecule has 1 aliphatic heterocycles. The number of esters is 1. The Bertz CT molecular complexity index is 765. The van der Waals surface area contributed by atoms with E-state index in [0.717, 1.165) is 24.1 Å². The van der Waals surface area contributed by atoms with Gasteiger partial charge in [0.2, 0.25) is 0 Å². The van der Waals surface area contributed by atoms with Crippen molar-refractivity contribution in [2.75, 3.05) is 20.3 Å². The van der Waals surface area contributed by atoms with Gasteiger partial charge in [0.1, 0.15) is 6.61 Å². The van der Waals surface area contributed by atoms with E-state index in [9.17, 15) is 4.79 Å². The van der Waals surface area contributed by atoms with Crippen molar-refractivity contribution in [2.24, 2.45) is 0 Å². The Morgan fingerprint density at radius 2 is 2.04 bits per heavy atom. The molecule has 0 saturated heterocycles. The number of nitrogens with one attached hydrogen (secondary N) is 1. The molecule has 3 rings (SSSR count). The smallest absolute Gasteiger partial charge is 0.338 e. The Morgan fingerprint density at radius 1 is 1.31 bits per heavy atom. The number of carbonyl (C=O) groups excluding carboxylic acids is 1. The van der Waals surface area contributed by atoms with Crippen molar-refractivity contribution in [1.29, 1.82) is 0 Å². The van der Waals surface area contributed by atoms with Gasteiger partial charge in [-0.2, -0.15) is 0 Å². The summed E-state index contributed by atoms with van der Waals surface area (Å²) in [5.41, 5.74) is 2.14. The maximum atomic E-state index is 12.8. The summed E-state index contributed by atoms with van der Waals surface area (Å²) in [6.45, 7) is 2.44. The first-order chi connectivity index (χ1) is 12.4. The van der Waals surface area contributed by atoms with Crippen molar-refractivity contribution in [3.8, 4) is 0 Å². The molecule has 1 fully saturated rings. The molecular weight excluding hydrogens is 395 g/mol. The van der Waals surface area contributed by atoms with E-state index in [1.165, 1.54) is 0 Å². The number of benzene rings is 1. The van der Waals surface area contributed by atoms with Crippen LogP contribution in [-0.4, -0.2) is 42.3 Å². The van der Waals surface area contributed by atoms with Crippen LogP contribution in [0.4, 0.5) is 0 Å². The lowest BCUT2D eigenvalue weighted by molar-refractivity contribution is -0.140. The lowest BCUT2D eigenvalue weighted by Crippen LogP contribution is -2.48. The van der Waals surface area contributed by atoms with E-state index >= 15 is 0 Å². The first kappa shape index (κ1) is 19.4. The Morgan fingerprint density at radius 3 is 2.65 bits per heavy atom. The minimum absolute atomic E-state index is 0.189. The lowest BCUT2D eigenvalue weighted by Gasteiger charge is -2.37. The summed E-state index contributed by atoms with van der Waals surface area (Å²) in [5.74, 6) is -0.392. The van der Waals surface area contributed by atoms with Gasteiger partial charge >= 0.3 is 5.97 Å². The lowest BCUT2D eigenvalue weighted by atomic mass is 9.95. The Balaban J connectivity index is 1.98. The summed E-state index contributed by atoms with van der Waals surface area (Å²) >= 11 is 17.8. The maximum Gasteiger partial charge on any atom is 0.338 e. The molecule has 0 aromatic heterocycles. The molecule has 1 aliphatic carbocycles. The number of allylic oxidation sites excluding steroid dienone is 1. The van der Waals surface area contributed by atoms with Gasteiger partial charge in [-0.15, -0.1) is 0 Å². The van der Waals surface area contributed by atoms with E-state index < -0.39 is 12.0 Å². The van der Waals surface area contributed by atoms with Crippen molar-refractivity contribution in [3.05, 3.63) is 45.1 Å². The molecule has 26 heavy (non-hydrogen) atoms. The highest BCUT2D eigenvalue weighted by atomic mass is 35.5. The zero-order valence-electron chi connectivity index (χ0n) is 14.6. The number of ether oxygens (including phenoxy) is 2. The third-order valence-corrected chi connectivity index (χ3v) is 5.51. The summed E-state index contributed by atoms with van der Waals surface area (Å²) in [7, 11) is 1.56. The standard InChI is InChI=1S/C18H20Cl2N2O3S/c1-10-15(17(23)25-8-7-24-2)16(11-3-6-13(19)14(20)9-11)21-18(26)22(10)12-4-5-12/h3,6,9,12,16H,4-5,7-8H2,1-2H3,(H,21,26)/t16-/m1/s1. The van der Waals surface area contributed by atoms with Gasteiger partial charge < -0.3 is 19.7 Å². The fraction of sp³-hybridized carbons (Fsp3) is 0.444. The van der Waals surface area contributed by atoms with Crippen LogP contribution < -0.4 is 5.32 Å². The van der Waals surface area contributed by atoms with Crippen LogP contribution in [0.3, 0.4) is 0 Å². The van der Waals surface area contributed by atoms with Gasteiger partial charge in [-0.1, -0.05) is 29.3 Å². The number of nitrogens with zero attached hydrogens (tertiary/aromatic N) is 1. The molecule has 0 unspecified atom stereocenters. The Labute approximate surface area is 168 Å². The van der Waals surface area contributed by atoms with Crippen molar-refractivity contribution >= 4 is 46.5 Å². The maximum absolute atomic E-state index is 12.8. The number of carbonyl (C=O) groups is 1. The molecular formula is C18H20Cl2N2O3S. The number of hydrogen-bond acceptors (Lipinski definition) is 4. The molecule has 1 saturated carbocycles. The molecule has 0 radical (unpaired) electrons. The van der Waals surface area contributed by atoms with E-state index in [1.807, 2.05) is 17.9 Å². The molecule has 1 aromatic carbocycles. The molecule has 2 aliphatic rings. The molecule has 1 atom stereocenters. The third-order valence-electron chi connectivity index (χ3n) is 4.46. The van der Waals surface area contributed by atoms with Gasteiger partial charge in [-0.05, 0) is 49.7 Å². The molecule has 1 aromatic rings. The summed E-state index contributed by atoms with van der Waals surface area (Å²) < 4.78 is 10.4. The molecule has 1 N–H and O–H groups in total. The number of halogens is 2. The van der Waals surface area contributed by atoms with Crippen molar-refractivity contribution in [2.45, 2.75) is 31.8 Å². The average Bonchev–Trinajstić information content (AvgIpc) is 3.42. The number of thiocarbonyl (C=S) groups is 1. The van der Waals surface area contributed by atoms with Gasteiger partial charge in [0.25, 0.3) is 0 Å². The number of hydrogen-bond donors (Lipinski definition) is 1. The van der Waals surface area contributed by atoms with Crippen molar-refractivity contribution < 1.29 is 14.3 Å². The minimum Gasteiger partial charge on any atom is -0.460 e. The van der Waals surface area contributed by atoms with Crippen LogP contribution in [0, 0.1) is 0 Å². The zero-order valence-corrected chi connectivity index (χ0v) is 16.9. The Hall–Kier alpha value is -1.34. The second-order valence-corrected chi connectivity index (χ2v) is 7.49. The van der Waals surface area contributed by atoms with E-state index in [-0.39, 0.29) is 6.61 Å². The van der Waals surface area contributed by atoms with E-state index in [0.29, 0.717) is 33.4 Å². The molecule has 0 spiro atoms. The second kappa shape index (κ2) is 8.13. The largest absolute Gasteiger partial charge is 0.460 e. The normalized spacial score (nSPS) is 20.2. The van der Waals surface area contributed by atoms with E-state index in [4.69, 9.17) is 44.9 Å². The Kier molecular flexibility index (Phi) is 6.07. The van der Waals surface area contributed by atoms with Crippen LogP contribution in [0.5, 0.6) is 0 Å². The zero-order chi connectivity index (χ0) is 18.8. The minimum atomic E-state index is -0.442. The number of rotatable bonds is 6. The average molecular weight is 415 g/mol. The monoisotopic (exact) mass is 414 g/mol. The van der Waals surface area contributed by atoms with Crippen LogP contribution in [0.25, 0.3) is 0 Å². The topological polar surface area (TPSA) is 50.8 Å². The predicted octanol–water partition coefficient (Wildman–Crippen LogP) is 3.85. The SMILES string of the molecule is COCCOC(=O)C1=C(C)N(C2CC2)C(=S)N[C@@H]1c1ccc(Cl)c(Cl)c1. The fourth-order valence-corrected chi connectivity index (χ4v) is 3.74. The van der Waals surface area contributed by atoms with Crippen LogP contribution in [0.2, 0.25) is 10.0 Å². The van der Waals surface area contributed by atoms with E-state index in [2.05, 4.69) is 5.32 Å². The molecule has 140 valence electrons. The molecule has 1 heterocycles. The van der Waals surface area contributed by atoms with Crippen LogP contribution in [0.15, 0.2) is 29.5 Å². The summed E-state index contributed by atoms with van der Waals surface area (Å²) in [6, 6.07) is 5.18. The summed E-state index contributed by atoms with van der Waals surface area (Å²) in [4.78, 5) is 14.8. The first-order valence-electron chi connectivity index (χ1n) is 8.35. The fourth-order valence-electron chi connectivity index (χ4n) is 3.03. The second-order valence-electron chi connectivity index (χ2n) is 6.29. The highest BCUT2D eigenvalue weighted by Crippen LogP contribution is 2.39.